The Morgan fingerprint density at radius 3 is 2.54 bits per heavy atom. The van der Waals surface area contributed by atoms with Gasteiger partial charge in [0.1, 0.15) is 5.82 Å². The number of carbonyl (C=O) groups is 1. The number of amides is 1. The predicted molar refractivity (Wildman–Crippen MR) is 128 cm³/mol. The second kappa shape index (κ2) is 9.98. The SMILES string of the molecule is CS(=O)(=O)c1ccc(O[C@H]2CCN(C3CCN(c4nc(C5CCOCC5)ns4)CC3)C2=O)c(F)c1. The van der Waals surface area contributed by atoms with Crippen LogP contribution in [0, 0.1) is 5.82 Å². The molecule has 3 fully saturated rings. The normalized spacial score (nSPS) is 22.7. The van der Waals surface area contributed by atoms with E-state index in [1.807, 2.05) is 4.90 Å². The maximum Gasteiger partial charge on any atom is 0.263 e. The second-order valence-corrected chi connectivity index (χ2v) is 12.1. The van der Waals surface area contributed by atoms with Gasteiger partial charge in [-0.2, -0.15) is 4.37 Å². The molecule has 1 aromatic carbocycles. The van der Waals surface area contributed by atoms with Crippen LogP contribution in [0.2, 0.25) is 0 Å². The van der Waals surface area contributed by atoms with Crippen molar-refractivity contribution in [3.63, 3.8) is 0 Å². The minimum absolute atomic E-state index is 0.104. The van der Waals surface area contributed by atoms with Crippen LogP contribution in [0.25, 0.3) is 0 Å². The molecule has 3 saturated heterocycles. The molecule has 3 aliphatic rings. The van der Waals surface area contributed by atoms with Gasteiger partial charge in [-0.05, 0) is 43.9 Å². The molecule has 2 aromatic rings. The molecule has 0 bridgehead atoms. The van der Waals surface area contributed by atoms with Gasteiger partial charge < -0.3 is 19.3 Å². The van der Waals surface area contributed by atoms with Gasteiger partial charge in [-0.3, -0.25) is 4.79 Å². The number of aromatic nitrogens is 2. The van der Waals surface area contributed by atoms with E-state index in [2.05, 4.69) is 9.27 Å². The van der Waals surface area contributed by atoms with E-state index in [9.17, 15) is 17.6 Å². The zero-order valence-electron chi connectivity index (χ0n) is 19.6. The molecule has 1 aromatic heterocycles. The lowest BCUT2D eigenvalue weighted by atomic mass is 10.00. The van der Waals surface area contributed by atoms with Crippen LogP contribution in [-0.4, -0.2) is 79.8 Å². The lowest BCUT2D eigenvalue weighted by Crippen LogP contribution is -2.47. The van der Waals surface area contributed by atoms with Crippen LogP contribution in [-0.2, 0) is 19.4 Å². The molecule has 12 heteroatoms. The first kappa shape index (κ1) is 24.4. The molecule has 3 aliphatic heterocycles. The molecule has 0 unspecified atom stereocenters. The lowest BCUT2D eigenvalue weighted by molar-refractivity contribution is -0.135. The fourth-order valence-electron chi connectivity index (χ4n) is 4.95. The van der Waals surface area contributed by atoms with E-state index in [0.717, 1.165) is 75.3 Å². The summed E-state index contributed by atoms with van der Waals surface area (Å²) in [6, 6.07) is 3.60. The smallest absolute Gasteiger partial charge is 0.263 e. The van der Waals surface area contributed by atoms with Crippen molar-refractivity contribution in [3.05, 3.63) is 29.8 Å². The zero-order chi connectivity index (χ0) is 24.6. The third-order valence-electron chi connectivity index (χ3n) is 6.98. The zero-order valence-corrected chi connectivity index (χ0v) is 21.2. The van der Waals surface area contributed by atoms with Gasteiger partial charge in [0, 0.05) is 69.0 Å². The number of hydrogen-bond donors (Lipinski definition) is 0. The van der Waals surface area contributed by atoms with Crippen LogP contribution in [0.5, 0.6) is 5.75 Å². The van der Waals surface area contributed by atoms with Crippen molar-refractivity contribution in [1.29, 1.82) is 0 Å². The molecule has 0 N–H and O–H groups in total. The summed E-state index contributed by atoms with van der Waals surface area (Å²) in [5.74, 6) is 0.251. The molecule has 35 heavy (non-hydrogen) atoms. The molecule has 0 aliphatic carbocycles. The molecule has 0 spiro atoms. The molecule has 190 valence electrons. The van der Waals surface area contributed by atoms with Crippen molar-refractivity contribution < 1.29 is 27.1 Å². The molecular weight excluding hydrogens is 495 g/mol. The first-order chi connectivity index (χ1) is 16.8. The van der Waals surface area contributed by atoms with E-state index >= 15 is 0 Å². The minimum atomic E-state index is -3.52. The largest absolute Gasteiger partial charge is 0.477 e. The summed E-state index contributed by atoms with van der Waals surface area (Å²) in [6.45, 7) is 3.67. The first-order valence-corrected chi connectivity index (χ1v) is 14.6. The average Bonchev–Trinajstić information content (AvgIpc) is 3.48. The standard InChI is InChI=1S/C23H29FN4O5S2/c1-35(30,31)17-2-3-19(18(24)14-17)33-20-6-11-28(22(20)29)16-4-9-27(10-5-16)23-25-21(26-34-23)15-7-12-32-13-8-15/h2-3,14-16,20H,4-13H2,1H3/t20-/m0/s1. The highest BCUT2D eigenvalue weighted by molar-refractivity contribution is 7.90. The minimum Gasteiger partial charge on any atom is -0.477 e. The van der Waals surface area contributed by atoms with Gasteiger partial charge >= 0.3 is 0 Å². The number of benzene rings is 1. The Bertz CT molecular complexity index is 1180. The van der Waals surface area contributed by atoms with Crippen LogP contribution in [0.1, 0.15) is 43.8 Å². The van der Waals surface area contributed by atoms with Gasteiger partial charge in [0.05, 0.1) is 4.90 Å². The van der Waals surface area contributed by atoms with Crippen LogP contribution < -0.4 is 9.64 Å². The number of nitrogens with zero attached hydrogens (tertiary/aromatic N) is 4. The number of rotatable bonds is 6. The summed E-state index contributed by atoms with van der Waals surface area (Å²) in [7, 11) is -3.52. The number of halogens is 1. The van der Waals surface area contributed by atoms with Gasteiger partial charge in [-0.1, -0.05) is 0 Å². The highest BCUT2D eigenvalue weighted by Crippen LogP contribution is 2.32. The number of anilines is 1. The van der Waals surface area contributed by atoms with Crippen LogP contribution in [0.4, 0.5) is 9.52 Å². The number of piperidine rings is 1. The summed E-state index contributed by atoms with van der Waals surface area (Å²) in [4.78, 5) is 21.8. The number of ether oxygens (including phenoxy) is 2. The van der Waals surface area contributed by atoms with Crippen molar-refractivity contribution in [1.82, 2.24) is 14.3 Å². The molecule has 4 heterocycles. The second-order valence-electron chi connectivity index (χ2n) is 9.33. The lowest BCUT2D eigenvalue weighted by Gasteiger charge is -2.36. The molecule has 5 rings (SSSR count). The Kier molecular flexibility index (Phi) is 6.95. The fourth-order valence-corrected chi connectivity index (χ4v) is 6.38. The molecule has 1 atom stereocenters. The summed E-state index contributed by atoms with van der Waals surface area (Å²) < 4.78 is 53.3. The fraction of sp³-hybridized carbons (Fsp3) is 0.609. The average molecular weight is 525 g/mol. The van der Waals surface area contributed by atoms with Gasteiger partial charge in [0.2, 0.25) is 5.13 Å². The third kappa shape index (κ3) is 5.29. The van der Waals surface area contributed by atoms with Crippen molar-refractivity contribution in [3.8, 4) is 5.75 Å². The Morgan fingerprint density at radius 1 is 1.11 bits per heavy atom. The van der Waals surface area contributed by atoms with Crippen LogP contribution in [0.15, 0.2) is 23.1 Å². The Labute approximate surface area is 208 Å². The van der Waals surface area contributed by atoms with Crippen molar-refractivity contribution >= 4 is 32.4 Å². The summed E-state index contributed by atoms with van der Waals surface area (Å²) >= 11 is 1.44. The summed E-state index contributed by atoms with van der Waals surface area (Å²) in [6.07, 6.45) is 4.29. The number of sulfone groups is 1. The molecule has 0 saturated carbocycles. The summed E-state index contributed by atoms with van der Waals surface area (Å²) in [5.41, 5.74) is 0. The van der Waals surface area contributed by atoms with E-state index in [1.165, 1.54) is 23.7 Å². The highest BCUT2D eigenvalue weighted by atomic mass is 32.2. The van der Waals surface area contributed by atoms with Gasteiger partial charge in [0.15, 0.2) is 27.5 Å². The first-order valence-electron chi connectivity index (χ1n) is 11.9. The topological polar surface area (TPSA) is 102 Å². The highest BCUT2D eigenvalue weighted by Gasteiger charge is 2.39. The Balaban J connectivity index is 1.16. The van der Waals surface area contributed by atoms with Gasteiger partial charge in [0.25, 0.3) is 5.91 Å². The van der Waals surface area contributed by atoms with Crippen LogP contribution >= 0.6 is 11.5 Å². The number of carbonyl (C=O) groups excluding carboxylic acids is 1. The van der Waals surface area contributed by atoms with Crippen molar-refractivity contribution in [2.75, 3.05) is 44.0 Å². The van der Waals surface area contributed by atoms with Crippen LogP contribution in [0.3, 0.4) is 0 Å². The van der Waals surface area contributed by atoms with E-state index in [1.54, 1.807) is 0 Å². The van der Waals surface area contributed by atoms with Crippen molar-refractivity contribution in [2.45, 2.75) is 55.1 Å². The van der Waals surface area contributed by atoms with Crippen molar-refractivity contribution in [2.24, 2.45) is 0 Å². The maximum absolute atomic E-state index is 14.4. The van der Waals surface area contributed by atoms with E-state index in [-0.39, 0.29) is 22.6 Å². The van der Waals surface area contributed by atoms with Gasteiger partial charge in [-0.25, -0.2) is 17.8 Å². The number of hydrogen-bond acceptors (Lipinski definition) is 9. The molecule has 0 radical (unpaired) electrons. The Morgan fingerprint density at radius 2 is 1.86 bits per heavy atom. The van der Waals surface area contributed by atoms with E-state index < -0.39 is 21.8 Å². The Hall–Kier alpha value is -2.31. The van der Waals surface area contributed by atoms with E-state index in [0.29, 0.717) is 18.9 Å². The maximum atomic E-state index is 14.4. The molecule has 1 amide bonds. The summed E-state index contributed by atoms with van der Waals surface area (Å²) in [5, 5.41) is 0.937. The predicted octanol–water partition coefficient (Wildman–Crippen LogP) is 2.62. The third-order valence-corrected chi connectivity index (χ3v) is 8.89. The monoisotopic (exact) mass is 524 g/mol. The molecular formula is C23H29FN4O5S2. The molecule has 9 nitrogen and oxygen atoms in total. The number of likely N-dealkylation sites (tertiary alicyclic amines) is 1. The van der Waals surface area contributed by atoms with E-state index in [4.69, 9.17) is 14.5 Å². The quantitative estimate of drug-likeness (QED) is 0.568. The van der Waals surface area contributed by atoms with Gasteiger partial charge in [-0.15, -0.1) is 0 Å².